The van der Waals surface area contributed by atoms with Crippen LogP contribution < -0.4 is 0 Å². The lowest BCUT2D eigenvalue weighted by molar-refractivity contribution is -0.134. The molecule has 0 spiro atoms. The van der Waals surface area contributed by atoms with Gasteiger partial charge in [0.1, 0.15) is 0 Å². The van der Waals surface area contributed by atoms with Crippen molar-refractivity contribution in [2.75, 3.05) is 6.61 Å². The average molecular weight is 278 g/mol. The average Bonchev–Trinajstić information content (AvgIpc) is 2.25. The smallest absolute Gasteiger partial charge is 0.328 e. The highest BCUT2D eigenvalue weighted by Crippen LogP contribution is 1.71. The van der Waals surface area contributed by atoms with Gasteiger partial charge in [0, 0.05) is 30.9 Å². The second-order valence-electron chi connectivity index (χ2n) is 2.34. The quantitative estimate of drug-likeness (QED) is 0.422. The van der Waals surface area contributed by atoms with Gasteiger partial charge in [-0.25, -0.2) is 19.2 Å². The van der Waals surface area contributed by atoms with Crippen molar-refractivity contribution in [2.24, 2.45) is 0 Å². The van der Waals surface area contributed by atoms with Crippen LogP contribution in [0.25, 0.3) is 0 Å². The molecule has 0 amide bonds. The summed E-state index contributed by atoms with van der Waals surface area (Å²) in [5, 5.41) is 38.8. The van der Waals surface area contributed by atoms with Crippen molar-refractivity contribution in [3.05, 3.63) is 24.3 Å². The molecule has 0 heterocycles. The molecule has 0 saturated carbocycles. The van der Waals surface area contributed by atoms with E-state index in [2.05, 4.69) is 0 Å². The first kappa shape index (κ1) is 21.6. The lowest BCUT2D eigenvalue weighted by Gasteiger charge is -1.74. The van der Waals surface area contributed by atoms with E-state index in [1.165, 1.54) is 0 Å². The summed E-state index contributed by atoms with van der Waals surface area (Å²) < 4.78 is 0. The molecule has 0 aromatic heterocycles. The molecule has 0 radical (unpaired) electrons. The Hall–Kier alpha value is -2.68. The van der Waals surface area contributed by atoms with Gasteiger partial charge in [0.2, 0.25) is 0 Å². The maximum Gasteiger partial charge on any atom is 0.328 e. The van der Waals surface area contributed by atoms with Gasteiger partial charge in [-0.15, -0.1) is 0 Å². The highest BCUT2D eigenvalue weighted by Gasteiger charge is 1.88. The Morgan fingerprint density at radius 3 is 0.842 bits per heavy atom. The molecule has 0 saturated heterocycles. The Morgan fingerprint density at radius 2 is 0.789 bits per heavy atom. The molecule has 19 heavy (non-hydrogen) atoms. The van der Waals surface area contributed by atoms with E-state index in [4.69, 9.17) is 25.5 Å². The van der Waals surface area contributed by atoms with Gasteiger partial charge in [-0.1, -0.05) is 0 Å². The highest BCUT2D eigenvalue weighted by atomic mass is 16.4. The zero-order valence-corrected chi connectivity index (χ0v) is 9.89. The molecule has 0 unspecified atom stereocenters. The van der Waals surface area contributed by atoms with Gasteiger partial charge >= 0.3 is 23.9 Å². The summed E-state index contributed by atoms with van der Waals surface area (Å²) in [6, 6.07) is 0. The number of aliphatic hydroxyl groups is 1. The molecule has 0 aromatic rings. The monoisotopic (exact) mass is 278 g/mol. The third-order valence-electron chi connectivity index (χ3n) is 0.737. The number of aliphatic hydroxyl groups excluding tert-OH is 1. The zero-order chi connectivity index (χ0) is 15.8. The number of aliphatic carboxylic acids is 4. The standard InChI is InChI=1S/2C4H4O4.C2H6O/c2*5-3(6)1-2-4(7)8;1-2-3/h2*1-2H,(H,5,6)(H,7,8);3H,2H2,1H3/b2*2-1-;. The first-order valence-corrected chi connectivity index (χ1v) is 4.56. The van der Waals surface area contributed by atoms with Gasteiger partial charge in [0.05, 0.1) is 0 Å². The van der Waals surface area contributed by atoms with Crippen molar-refractivity contribution in [1.82, 2.24) is 0 Å². The van der Waals surface area contributed by atoms with Crippen LogP contribution in [0.5, 0.6) is 0 Å². The molecule has 9 nitrogen and oxygen atoms in total. The van der Waals surface area contributed by atoms with Crippen LogP contribution in [-0.4, -0.2) is 56.0 Å². The molecule has 0 bridgehead atoms. The second-order valence-corrected chi connectivity index (χ2v) is 2.34. The molecule has 9 heteroatoms. The van der Waals surface area contributed by atoms with Crippen LogP contribution in [-0.2, 0) is 19.2 Å². The SMILES string of the molecule is CCO.O=C(O)/C=C\C(=O)O.O=C(O)/C=C\C(=O)O. The van der Waals surface area contributed by atoms with Crippen molar-refractivity contribution >= 4 is 23.9 Å². The fraction of sp³-hybridized carbons (Fsp3) is 0.200. The summed E-state index contributed by atoms with van der Waals surface area (Å²) in [7, 11) is 0. The maximum atomic E-state index is 9.55. The highest BCUT2D eigenvalue weighted by molar-refractivity contribution is 5.90. The number of carbonyl (C=O) groups is 4. The van der Waals surface area contributed by atoms with E-state index < -0.39 is 23.9 Å². The predicted molar refractivity (Wildman–Crippen MR) is 61.6 cm³/mol. The molecule has 0 aliphatic heterocycles. The molecule has 5 N–H and O–H groups in total. The van der Waals surface area contributed by atoms with Gasteiger partial charge < -0.3 is 25.5 Å². The minimum absolute atomic E-state index is 0.250. The van der Waals surface area contributed by atoms with Crippen LogP contribution in [0.4, 0.5) is 0 Å². The summed E-state index contributed by atoms with van der Waals surface area (Å²) in [6.45, 7) is 1.93. The van der Waals surface area contributed by atoms with E-state index in [1.54, 1.807) is 6.92 Å². The molecule has 0 aromatic carbocycles. The molecule has 0 fully saturated rings. The Bertz CT molecular complexity index is 288. The molecule has 108 valence electrons. The lowest BCUT2D eigenvalue weighted by Crippen LogP contribution is -1.91. The molecule has 0 aliphatic rings. The van der Waals surface area contributed by atoms with E-state index in [-0.39, 0.29) is 6.61 Å². The maximum absolute atomic E-state index is 9.55. The van der Waals surface area contributed by atoms with Crippen molar-refractivity contribution < 1.29 is 44.7 Å². The van der Waals surface area contributed by atoms with Gasteiger partial charge in [-0.3, -0.25) is 0 Å². The summed E-state index contributed by atoms with van der Waals surface area (Å²) >= 11 is 0. The van der Waals surface area contributed by atoms with Crippen LogP contribution in [0.2, 0.25) is 0 Å². The summed E-state index contributed by atoms with van der Waals surface area (Å²) in [6.07, 6.45) is 2.23. The fourth-order valence-corrected chi connectivity index (χ4v) is 0.285. The topological polar surface area (TPSA) is 169 Å². The Balaban J connectivity index is -0.000000224. The number of rotatable bonds is 4. The Morgan fingerprint density at radius 1 is 0.684 bits per heavy atom. The normalized spacial score (nSPS) is 8.95. The number of hydrogen-bond acceptors (Lipinski definition) is 5. The third-order valence-corrected chi connectivity index (χ3v) is 0.737. The number of carboxylic acid groups (broad SMARTS) is 4. The summed E-state index contributed by atoms with van der Waals surface area (Å²) in [4.78, 5) is 38.2. The first-order valence-electron chi connectivity index (χ1n) is 4.56. The van der Waals surface area contributed by atoms with E-state index in [1.807, 2.05) is 0 Å². The zero-order valence-electron chi connectivity index (χ0n) is 9.89. The summed E-state index contributed by atoms with van der Waals surface area (Å²) in [5.41, 5.74) is 0. The van der Waals surface area contributed by atoms with Gasteiger partial charge in [0.15, 0.2) is 0 Å². The predicted octanol–water partition coefficient (Wildman–Crippen LogP) is -0.578. The minimum atomic E-state index is -1.26. The number of hydrogen-bond donors (Lipinski definition) is 5. The molecular weight excluding hydrogens is 264 g/mol. The van der Waals surface area contributed by atoms with Crippen LogP contribution in [0.3, 0.4) is 0 Å². The van der Waals surface area contributed by atoms with Crippen molar-refractivity contribution in [3.8, 4) is 0 Å². The minimum Gasteiger partial charge on any atom is -0.478 e. The van der Waals surface area contributed by atoms with Crippen LogP contribution >= 0.6 is 0 Å². The second kappa shape index (κ2) is 15.3. The van der Waals surface area contributed by atoms with Crippen LogP contribution in [0.1, 0.15) is 6.92 Å². The van der Waals surface area contributed by atoms with Crippen LogP contribution in [0.15, 0.2) is 24.3 Å². The Kier molecular flexibility index (Phi) is 17.4. The lowest BCUT2D eigenvalue weighted by atomic mass is 10.5. The summed E-state index contributed by atoms with van der Waals surface area (Å²) in [5.74, 6) is -5.03. The van der Waals surface area contributed by atoms with E-state index in [9.17, 15) is 19.2 Å². The first-order chi connectivity index (χ1) is 8.67. The van der Waals surface area contributed by atoms with Gasteiger partial charge in [0.25, 0.3) is 0 Å². The Labute approximate surface area is 107 Å². The van der Waals surface area contributed by atoms with E-state index in [0.29, 0.717) is 24.3 Å². The van der Waals surface area contributed by atoms with Gasteiger partial charge in [-0.2, -0.15) is 0 Å². The van der Waals surface area contributed by atoms with Crippen LogP contribution in [0, 0.1) is 0 Å². The molecule has 0 rings (SSSR count). The largest absolute Gasteiger partial charge is 0.478 e. The third kappa shape index (κ3) is 50.7. The fourth-order valence-electron chi connectivity index (χ4n) is 0.285. The van der Waals surface area contributed by atoms with Crippen molar-refractivity contribution in [1.29, 1.82) is 0 Å². The van der Waals surface area contributed by atoms with Crippen molar-refractivity contribution in [3.63, 3.8) is 0 Å². The molecule has 0 aliphatic carbocycles. The van der Waals surface area contributed by atoms with Crippen molar-refractivity contribution in [2.45, 2.75) is 6.92 Å². The number of carboxylic acids is 4. The van der Waals surface area contributed by atoms with Gasteiger partial charge in [-0.05, 0) is 6.92 Å². The van der Waals surface area contributed by atoms with E-state index in [0.717, 1.165) is 0 Å². The molecular formula is C10H14O9. The van der Waals surface area contributed by atoms with E-state index >= 15 is 0 Å². The molecule has 0 atom stereocenters.